The summed E-state index contributed by atoms with van der Waals surface area (Å²) in [6, 6.07) is 6.77. The molecule has 0 spiro atoms. The maximum atomic E-state index is 12.4. The number of ether oxygens (including phenoxy) is 3. The van der Waals surface area contributed by atoms with Crippen molar-refractivity contribution in [3.63, 3.8) is 0 Å². The van der Waals surface area contributed by atoms with Crippen LogP contribution in [0.25, 0.3) is 0 Å². The van der Waals surface area contributed by atoms with Gasteiger partial charge in [0.25, 0.3) is 0 Å². The Morgan fingerprint density at radius 3 is 2.00 bits per heavy atom. The van der Waals surface area contributed by atoms with Crippen molar-refractivity contribution in [2.24, 2.45) is 0 Å². The van der Waals surface area contributed by atoms with Gasteiger partial charge in [-0.3, -0.25) is 0 Å². The highest BCUT2D eigenvalue weighted by atomic mass is 16.5. The lowest BCUT2D eigenvalue weighted by Gasteiger charge is -2.09. The molecule has 0 amide bonds. The number of H-pyrrole nitrogens is 1. The van der Waals surface area contributed by atoms with Crippen molar-refractivity contribution in [2.75, 3.05) is 25.1 Å². The number of hydrogen-bond donors (Lipinski definition) is 2. The zero-order valence-electron chi connectivity index (χ0n) is 17.1. The van der Waals surface area contributed by atoms with E-state index >= 15 is 0 Å². The van der Waals surface area contributed by atoms with Crippen LogP contribution in [0.15, 0.2) is 24.3 Å². The van der Waals surface area contributed by atoms with Crippen LogP contribution in [0.2, 0.25) is 0 Å². The van der Waals surface area contributed by atoms with Crippen molar-refractivity contribution in [1.29, 1.82) is 0 Å². The highest BCUT2D eigenvalue weighted by molar-refractivity contribution is 5.98. The largest absolute Gasteiger partial charge is 0.462 e. The first-order valence-corrected chi connectivity index (χ1v) is 9.49. The molecule has 1 heterocycles. The van der Waals surface area contributed by atoms with Crippen LogP contribution in [0.1, 0.15) is 63.2 Å². The fraction of sp³-hybridized carbons (Fsp3) is 0.381. The minimum absolute atomic E-state index is 0.223. The van der Waals surface area contributed by atoms with Gasteiger partial charge in [0.15, 0.2) is 0 Å². The number of hydrogen-bond acceptors (Lipinski definition) is 7. The molecule has 0 fully saturated rings. The molecule has 29 heavy (non-hydrogen) atoms. The summed E-state index contributed by atoms with van der Waals surface area (Å²) in [7, 11) is 0. The molecule has 0 unspecified atom stereocenters. The van der Waals surface area contributed by atoms with Gasteiger partial charge in [-0.1, -0.05) is 0 Å². The summed E-state index contributed by atoms with van der Waals surface area (Å²) < 4.78 is 15.1. The summed E-state index contributed by atoms with van der Waals surface area (Å²) in [5, 5.41) is 3.16. The lowest BCUT2D eigenvalue weighted by molar-refractivity contribution is 0.0511. The fourth-order valence-corrected chi connectivity index (χ4v) is 2.81. The van der Waals surface area contributed by atoms with Crippen LogP contribution in [-0.2, 0) is 20.8 Å². The van der Waals surface area contributed by atoms with E-state index in [1.54, 1.807) is 52.0 Å². The number of aromatic nitrogens is 1. The third kappa shape index (κ3) is 5.37. The number of aromatic amines is 1. The smallest absolute Gasteiger partial charge is 0.355 e. The molecule has 0 saturated carbocycles. The Hall–Kier alpha value is -3.29. The van der Waals surface area contributed by atoms with Gasteiger partial charge in [0, 0.05) is 11.4 Å². The van der Waals surface area contributed by atoms with Gasteiger partial charge < -0.3 is 24.5 Å². The Kier molecular flexibility index (Phi) is 7.82. The lowest BCUT2D eigenvalue weighted by Crippen LogP contribution is -2.11. The van der Waals surface area contributed by atoms with Gasteiger partial charge in [0.2, 0.25) is 0 Å². The van der Waals surface area contributed by atoms with E-state index < -0.39 is 11.9 Å². The average molecular weight is 402 g/mol. The molecule has 0 aliphatic heterocycles. The SMILES string of the molecule is CCOC(=O)c1ccc(NCc2[nH]c(C(=O)OCC)c(C)c2C(=O)OCC)cc1. The lowest BCUT2D eigenvalue weighted by atomic mass is 10.1. The predicted molar refractivity (Wildman–Crippen MR) is 107 cm³/mol. The molecular weight excluding hydrogens is 376 g/mol. The highest BCUT2D eigenvalue weighted by Crippen LogP contribution is 2.22. The molecule has 0 radical (unpaired) electrons. The van der Waals surface area contributed by atoms with Crippen LogP contribution in [0, 0.1) is 6.92 Å². The zero-order valence-corrected chi connectivity index (χ0v) is 17.1. The van der Waals surface area contributed by atoms with Crippen molar-refractivity contribution in [2.45, 2.75) is 34.2 Å². The Balaban J connectivity index is 2.22. The first kappa shape index (κ1) is 22.0. The summed E-state index contributed by atoms with van der Waals surface area (Å²) >= 11 is 0. The van der Waals surface area contributed by atoms with Crippen LogP contribution in [0.5, 0.6) is 0 Å². The van der Waals surface area contributed by atoms with Crippen molar-refractivity contribution >= 4 is 23.6 Å². The maximum absolute atomic E-state index is 12.4. The van der Waals surface area contributed by atoms with Crippen LogP contribution in [0.4, 0.5) is 5.69 Å². The van der Waals surface area contributed by atoms with Gasteiger partial charge in [0.05, 0.1) is 37.5 Å². The van der Waals surface area contributed by atoms with Crippen molar-refractivity contribution < 1.29 is 28.6 Å². The summed E-state index contributed by atoms with van der Waals surface area (Å²) in [5.74, 6) is -1.42. The highest BCUT2D eigenvalue weighted by Gasteiger charge is 2.25. The molecular formula is C21H26N2O6. The number of nitrogens with one attached hydrogen (secondary N) is 2. The topological polar surface area (TPSA) is 107 Å². The Labute approximate surface area is 169 Å². The summed E-state index contributed by atoms with van der Waals surface area (Å²) in [4.78, 5) is 39.3. The van der Waals surface area contributed by atoms with E-state index in [4.69, 9.17) is 14.2 Å². The van der Waals surface area contributed by atoms with E-state index in [1.807, 2.05) is 0 Å². The number of benzene rings is 1. The molecule has 1 aromatic carbocycles. The second-order valence-corrected chi connectivity index (χ2v) is 6.07. The number of anilines is 1. The van der Waals surface area contributed by atoms with Crippen molar-refractivity contribution in [3.8, 4) is 0 Å². The molecule has 0 bridgehead atoms. The molecule has 2 N–H and O–H groups in total. The Morgan fingerprint density at radius 2 is 1.41 bits per heavy atom. The van der Waals surface area contributed by atoms with E-state index in [9.17, 15) is 14.4 Å². The molecule has 0 aliphatic carbocycles. The van der Waals surface area contributed by atoms with Crippen LogP contribution < -0.4 is 5.32 Å². The average Bonchev–Trinajstić information content (AvgIpc) is 3.03. The summed E-state index contributed by atoms with van der Waals surface area (Å²) in [6.45, 7) is 7.86. The normalized spacial score (nSPS) is 10.3. The van der Waals surface area contributed by atoms with Gasteiger partial charge in [-0.25, -0.2) is 14.4 Å². The number of carbonyl (C=O) groups is 3. The minimum Gasteiger partial charge on any atom is -0.462 e. The third-order valence-electron chi connectivity index (χ3n) is 4.15. The molecule has 8 nitrogen and oxygen atoms in total. The van der Waals surface area contributed by atoms with Gasteiger partial charge in [-0.05, 0) is 57.5 Å². The van der Waals surface area contributed by atoms with Gasteiger partial charge in [-0.15, -0.1) is 0 Å². The molecule has 2 aromatic rings. The minimum atomic E-state index is -0.527. The number of esters is 3. The Bertz CT molecular complexity index is 870. The van der Waals surface area contributed by atoms with Crippen molar-refractivity contribution in [1.82, 2.24) is 4.98 Å². The van der Waals surface area contributed by atoms with Gasteiger partial charge >= 0.3 is 17.9 Å². The fourth-order valence-electron chi connectivity index (χ4n) is 2.81. The Morgan fingerprint density at radius 1 is 0.862 bits per heavy atom. The van der Waals surface area contributed by atoms with E-state index in [0.29, 0.717) is 29.0 Å². The van der Waals surface area contributed by atoms with E-state index in [0.717, 1.165) is 5.69 Å². The molecule has 1 aromatic heterocycles. The zero-order chi connectivity index (χ0) is 21.4. The van der Waals surface area contributed by atoms with Crippen LogP contribution in [-0.4, -0.2) is 42.7 Å². The summed E-state index contributed by atoms with van der Waals surface area (Å²) in [6.07, 6.45) is 0. The van der Waals surface area contributed by atoms with E-state index in [1.165, 1.54) is 0 Å². The molecule has 0 atom stereocenters. The van der Waals surface area contributed by atoms with E-state index in [2.05, 4.69) is 10.3 Å². The van der Waals surface area contributed by atoms with Crippen LogP contribution >= 0.6 is 0 Å². The molecule has 2 rings (SSSR count). The first-order valence-electron chi connectivity index (χ1n) is 9.49. The first-order chi connectivity index (χ1) is 13.9. The monoisotopic (exact) mass is 402 g/mol. The molecule has 0 saturated heterocycles. The van der Waals surface area contributed by atoms with Gasteiger partial charge in [-0.2, -0.15) is 0 Å². The second kappa shape index (κ2) is 10.3. The van der Waals surface area contributed by atoms with Crippen molar-refractivity contribution in [3.05, 3.63) is 52.3 Å². The van der Waals surface area contributed by atoms with Crippen LogP contribution in [0.3, 0.4) is 0 Å². The second-order valence-electron chi connectivity index (χ2n) is 6.07. The summed E-state index contributed by atoms with van der Waals surface area (Å²) in [5.41, 5.74) is 2.72. The molecule has 0 aliphatic rings. The molecule has 156 valence electrons. The quantitative estimate of drug-likeness (QED) is 0.488. The van der Waals surface area contributed by atoms with E-state index in [-0.39, 0.29) is 31.4 Å². The standard InChI is InChI=1S/C21H26N2O6/c1-5-27-19(24)14-8-10-15(11-9-14)22-12-16-17(20(25)28-6-2)13(4)18(23-16)21(26)29-7-3/h8-11,22-23H,5-7,12H2,1-4H3. The van der Waals surface area contributed by atoms with Gasteiger partial charge in [0.1, 0.15) is 5.69 Å². The third-order valence-corrected chi connectivity index (χ3v) is 4.15. The molecule has 8 heteroatoms. The maximum Gasteiger partial charge on any atom is 0.355 e. The predicted octanol–water partition coefficient (Wildman–Crippen LogP) is 3.47. The number of rotatable bonds is 9. The number of carbonyl (C=O) groups excluding carboxylic acids is 3.